The predicted molar refractivity (Wildman–Crippen MR) is 110 cm³/mol. The zero-order valence-corrected chi connectivity index (χ0v) is 16.2. The van der Waals surface area contributed by atoms with E-state index >= 15 is 0 Å². The first kappa shape index (κ1) is 16.9. The Bertz CT molecular complexity index is 1040. The van der Waals surface area contributed by atoms with Gasteiger partial charge in [0.1, 0.15) is 5.01 Å². The van der Waals surface area contributed by atoms with Crippen LogP contribution in [0.2, 0.25) is 0 Å². The first-order valence-corrected chi connectivity index (χ1v) is 9.79. The average Bonchev–Trinajstić information content (AvgIpc) is 3.11. The molecule has 5 heteroatoms. The van der Waals surface area contributed by atoms with Crippen LogP contribution in [0, 0.1) is 0 Å². The van der Waals surface area contributed by atoms with E-state index in [1.165, 1.54) is 4.70 Å². The summed E-state index contributed by atoms with van der Waals surface area (Å²) in [5, 5.41) is 3.96. The van der Waals surface area contributed by atoms with Crippen LogP contribution >= 0.6 is 27.3 Å². The van der Waals surface area contributed by atoms with Crippen molar-refractivity contribution < 1.29 is 4.79 Å². The van der Waals surface area contributed by atoms with Gasteiger partial charge in [-0.05, 0) is 45.8 Å². The fraction of sp³-hybridized carbons (Fsp3) is 0.0476. The van der Waals surface area contributed by atoms with Gasteiger partial charge in [-0.3, -0.25) is 4.79 Å². The van der Waals surface area contributed by atoms with Gasteiger partial charge >= 0.3 is 0 Å². The Kier molecular flexibility index (Phi) is 4.82. The minimum absolute atomic E-state index is 0.0901. The molecule has 1 amide bonds. The minimum atomic E-state index is -0.0901. The highest BCUT2D eigenvalue weighted by Gasteiger charge is 2.09. The van der Waals surface area contributed by atoms with Crippen LogP contribution in [0.25, 0.3) is 20.8 Å². The van der Waals surface area contributed by atoms with E-state index in [9.17, 15) is 4.79 Å². The van der Waals surface area contributed by atoms with Crippen LogP contribution in [0.5, 0.6) is 0 Å². The molecule has 128 valence electrons. The molecule has 0 radical (unpaired) electrons. The molecule has 0 aliphatic rings. The molecule has 0 aliphatic heterocycles. The Morgan fingerprint density at radius 1 is 0.962 bits per heavy atom. The monoisotopic (exact) mass is 422 g/mol. The Morgan fingerprint density at radius 2 is 1.69 bits per heavy atom. The smallest absolute Gasteiger partial charge is 0.252 e. The molecule has 26 heavy (non-hydrogen) atoms. The number of rotatable bonds is 4. The first-order chi connectivity index (χ1) is 12.7. The maximum Gasteiger partial charge on any atom is 0.252 e. The van der Waals surface area contributed by atoms with E-state index in [2.05, 4.69) is 44.4 Å². The molecule has 1 aromatic heterocycles. The molecule has 0 atom stereocenters. The molecule has 3 aromatic carbocycles. The third-order valence-corrected chi connectivity index (χ3v) is 5.84. The summed E-state index contributed by atoms with van der Waals surface area (Å²) in [7, 11) is 0. The second-order valence-electron chi connectivity index (χ2n) is 5.85. The van der Waals surface area contributed by atoms with Crippen LogP contribution < -0.4 is 5.32 Å². The molecular formula is C21H15BrN2OS. The molecule has 0 aliphatic carbocycles. The highest BCUT2D eigenvalue weighted by Crippen LogP contribution is 2.30. The summed E-state index contributed by atoms with van der Waals surface area (Å²) in [4.78, 5) is 17.0. The number of carbonyl (C=O) groups excluding carboxylic acids is 1. The van der Waals surface area contributed by atoms with Crippen LogP contribution in [0.3, 0.4) is 0 Å². The zero-order valence-electron chi connectivity index (χ0n) is 13.8. The van der Waals surface area contributed by atoms with Crippen molar-refractivity contribution in [1.82, 2.24) is 10.3 Å². The summed E-state index contributed by atoms with van der Waals surface area (Å²) in [5.41, 5.74) is 3.80. The normalized spacial score (nSPS) is 10.8. The maximum atomic E-state index is 12.3. The average molecular weight is 423 g/mol. The molecule has 0 saturated heterocycles. The molecular weight excluding hydrogens is 408 g/mol. The number of benzene rings is 3. The van der Waals surface area contributed by atoms with Crippen LogP contribution in [0.15, 0.2) is 77.3 Å². The van der Waals surface area contributed by atoms with E-state index in [0.29, 0.717) is 12.1 Å². The Hall–Kier alpha value is -2.50. The van der Waals surface area contributed by atoms with Crippen molar-refractivity contribution in [2.24, 2.45) is 0 Å². The van der Waals surface area contributed by atoms with Gasteiger partial charge in [0, 0.05) is 16.6 Å². The standard InChI is InChI=1S/C21H15BrN2OS/c22-17-6-2-1-5-16(17)20(25)23-13-14-9-11-15(12-10-14)21-24-18-7-3-4-8-19(18)26-21/h1-12H,13H2,(H,23,25). The third-order valence-electron chi connectivity index (χ3n) is 4.07. The number of hydrogen-bond donors (Lipinski definition) is 1. The van der Waals surface area contributed by atoms with Crippen LogP contribution in [-0.2, 0) is 6.54 Å². The van der Waals surface area contributed by atoms with Gasteiger partial charge in [-0.15, -0.1) is 11.3 Å². The summed E-state index contributed by atoms with van der Waals surface area (Å²) < 4.78 is 1.98. The molecule has 0 unspecified atom stereocenters. The molecule has 0 spiro atoms. The molecule has 0 fully saturated rings. The van der Waals surface area contributed by atoms with Gasteiger partial charge in [0.25, 0.3) is 5.91 Å². The third kappa shape index (κ3) is 3.54. The van der Waals surface area contributed by atoms with E-state index in [-0.39, 0.29) is 5.91 Å². The summed E-state index contributed by atoms with van der Waals surface area (Å²) in [5.74, 6) is -0.0901. The highest BCUT2D eigenvalue weighted by molar-refractivity contribution is 9.10. The molecule has 1 heterocycles. The van der Waals surface area contributed by atoms with E-state index in [1.54, 1.807) is 17.4 Å². The van der Waals surface area contributed by atoms with Gasteiger partial charge in [0.15, 0.2) is 0 Å². The molecule has 4 rings (SSSR count). The van der Waals surface area contributed by atoms with E-state index in [4.69, 9.17) is 0 Å². The molecule has 3 nitrogen and oxygen atoms in total. The number of amides is 1. The van der Waals surface area contributed by atoms with Crippen LogP contribution in [-0.4, -0.2) is 10.9 Å². The van der Waals surface area contributed by atoms with Gasteiger partial charge in [-0.1, -0.05) is 48.5 Å². The number of nitrogens with zero attached hydrogens (tertiary/aromatic N) is 1. The summed E-state index contributed by atoms with van der Waals surface area (Å²) >= 11 is 5.09. The quantitative estimate of drug-likeness (QED) is 0.461. The van der Waals surface area contributed by atoms with Crippen molar-refractivity contribution in [3.63, 3.8) is 0 Å². The number of thiazole rings is 1. The number of nitrogens with one attached hydrogen (secondary N) is 1. The number of aromatic nitrogens is 1. The molecule has 0 saturated carbocycles. The second kappa shape index (κ2) is 7.40. The van der Waals surface area contributed by atoms with Crippen molar-refractivity contribution in [1.29, 1.82) is 0 Å². The number of fused-ring (bicyclic) bond motifs is 1. The van der Waals surface area contributed by atoms with Gasteiger partial charge in [-0.25, -0.2) is 4.98 Å². The fourth-order valence-corrected chi connectivity index (χ4v) is 4.12. The van der Waals surface area contributed by atoms with Crippen molar-refractivity contribution in [3.8, 4) is 10.6 Å². The maximum absolute atomic E-state index is 12.3. The summed E-state index contributed by atoms with van der Waals surface area (Å²) in [6, 6.07) is 23.7. The lowest BCUT2D eigenvalue weighted by atomic mass is 10.1. The molecule has 1 N–H and O–H groups in total. The van der Waals surface area contributed by atoms with Crippen molar-refractivity contribution in [2.75, 3.05) is 0 Å². The van der Waals surface area contributed by atoms with E-state index < -0.39 is 0 Å². The topological polar surface area (TPSA) is 42.0 Å². The van der Waals surface area contributed by atoms with E-state index in [1.807, 2.05) is 48.5 Å². The first-order valence-electron chi connectivity index (χ1n) is 8.18. The number of para-hydroxylation sites is 1. The van der Waals surface area contributed by atoms with Gasteiger partial charge in [0.05, 0.1) is 15.8 Å². The molecule has 4 aromatic rings. The lowest BCUT2D eigenvalue weighted by molar-refractivity contribution is 0.0950. The van der Waals surface area contributed by atoms with Gasteiger partial charge in [0.2, 0.25) is 0 Å². The van der Waals surface area contributed by atoms with Crippen LogP contribution in [0.1, 0.15) is 15.9 Å². The highest BCUT2D eigenvalue weighted by atomic mass is 79.9. The Labute approximate surface area is 163 Å². The number of hydrogen-bond acceptors (Lipinski definition) is 3. The Balaban J connectivity index is 1.46. The fourth-order valence-electron chi connectivity index (χ4n) is 2.68. The van der Waals surface area contributed by atoms with Crippen LogP contribution in [0.4, 0.5) is 0 Å². The Morgan fingerprint density at radius 3 is 2.46 bits per heavy atom. The second-order valence-corrected chi connectivity index (χ2v) is 7.73. The van der Waals surface area contributed by atoms with E-state index in [0.717, 1.165) is 26.1 Å². The number of carbonyl (C=O) groups is 1. The van der Waals surface area contributed by atoms with Crippen molar-refractivity contribution >= 4 is 43.4 Å². The predicted octanol–water partition coefficient (Wildman–Crippen LogP) is 5.66. The number of halogens is 1. The molecule has 0 bridgehead atoms. The lowest BCUT2D eigenvalue weighted by Crippen LogP contribution is -2.23. The largest absolute Gasteiger partial charge is 0.348 e. The summed E-state index contributed by atoms with van der Waals surface area (Å²) in [6.07, 6.45) is 0. The minimum Gasteiger partial charge on any atom is -0.348 e. The van der Waals surface area contributed by atoms with Crippen molar-refractivity contribution in [3.05, 3.63) is 88.4 Å². The van der Waals surface area contributed by atoms with Gasteiger partial charge in [-0.2, -0.15) is 0 Å². The zero-order chi connectivity index (χ0) is 17.9. The van der Waals surface area contributed by atoms with Gasteiger partial charge < -0.3 is 5.32 Å². The SMILES string of the molecule is O=C(NCc1ccc(-c2nc3ccccc3s2)cc1)c1ccccc1Br. The van der Waals surface area contributed by atoms with Crippen molar-refractivity contribution in [2.45, 2.75) is 6.54 Å². The summed E-state index contributed by atoms with van der Waals surface area (Å²) in [6.45, 7) is 0.486. The lowest BCUT2D eigenvalue weighted by Gasteiger charge is -2.07.